The summed E-state index contributed by atoms with van der Waals surface area (Å²) in [4.78, 5) is 21.5. The summed E-state index contributed by atoms with van der Waals surface area (Å²) >= 11 is 0. The highest BCUT2D eigenvalue weighted by Gasteiger charge is 1.92. The molecular weight excluding hydrogens is 252 g/mol. The van der Waals surface area contributed by atoms with Gasteiger partial charge >= 0.3 is 5.97 Å². The van der Waals surface area contributed by atoms with E-state index in [0.717, 1.165) is 19.3 Å². The number of allylic oxidation sites excluding steroid dienone is 7. The van der Waals surface area contributed by atoms with Crippen molar-refractivity contribution in [2.75, 3.05) is 7.11 Å². The molecule has 0 heterocycles. The van der Waals surface area contributed by atoms with Crippen molar-refractivity contribution < 1.29 is 14.3 Å². The van der Waals surface area contributed by atoms with Crippen LogP contribution in [0.1, 0.15) is 39.0 Å². The third kappa shape index (κ3) is 14.2. The molecule has 0 aromatic rings. The third-order valence-corrected chi connectivity index (χ3v) is 2.40. The SMILES string of the molecule is COC(=O)C/C=C/C/C=C/C/C=C/C/C=C/CC(C)=O. The zero-order valence-electron chi connectivity index (χ0n) is 12.4. The molecular formula is C17H24O3. The molecule has 3 nitrogen and oxygen atoms in total. The average Bonchev–Trinajstić information content (AvgIpc) is 2.43. The van der Waals surface area contributed by atoms with Gasteiger partial charge in [-0.2, -0.15) is 0 Å². The molecule has 3 heteroatoms. The van der Waals surface area contributed by atoms with Crippen LogP contribution in [-0.2, 0) is 14.3 Å². The molecule has 0 aliphatic rings. The summed E-state index contributed by atoms with van der Waals surface area (Å²) in [5, 5.41) is 0. The van der Waals surface area contributed by atoms with Crippen LogP contribution in [0.25, 0.3) is 0 Å². The fourth-order valence-corrected chi connectivity index (χ4v) is 1.33. The second kappa shape index (κ2) is 13.5. The second-order valence-electron chi connectivity index (χ2n) is 4.28. The summed E-state index contributed by atoms with van der Waals surface area (Å²) in [5.74, 6) is -0.0283. The van der Waals surface area contributed by atoms with Crippen LogP contribution in [0.3, 0.4) is 0 Å². The number of Topliss-reactive ketones (excluding diaryl/α,β-unsaturated/α-hetero) is 1. The smallest absolute Gasteiger partial charge is 0.309 e. The minimum absolute atomic E-state index is 0.188. The first-order valence-corrected chi connectivity index (χ1v) is 6.83. The highest BCUT2D eigenvalue weighted by atomic mass is 16.5. The highest BCUT2D eigenvalue weighted by Crippen LogP contribution is 1.95. The molecule has 0 unspecified atom stereocenters. The van der Waals surface area contributed by atoms with Crippen molar-refractivity contribution in [3.63, 3.8) is 0 Å². The molecule has 0 aromatic heterocycles. The van der Waals surface area contributed by atoms with E-state index in [9.17, 15) is 9.59 Å². The van der Waals surface area contributed by atoms with Crippen molar-refractivity contribution in [3.8, 4) is 0 Å². The minimum Gasteiger partial charge on any atom is -0.469 e. The molecule has 0 fully saturated rings. The Labute approximate surface area is 121 Å². The van der Waals surface area contributed by atoms with Crippen LogP contribution in [0.15, 0.2) is 48.6 Å². The van der Waals surface area contributed by atoms with Crippen molar-refractivity contribution in [3.05, 3.63) is 48.6 Å². The van der Waals surface area contributed by atoms with Gasteiger partial charge in [0.1, 0.15) is 5.78 Å². The predicted octanol–water partition coefficient (Wildman–Crippen LogP) is 3.92. The zero-order valence-corrected chi connectivity index (χ0v) is 12.4. The van der Waals surface area contributed by atoms with E-state index in [-0.39, 0.29) is 11.8 Å². The molecule has 0 rings (SSSR count). The summed E-state index contributed by atoms with van der Waals surface area (Å²) in [7, 11) is 1.39. The summed E-state index contributed by atoms with van der Waals surface area (Å²) in [6.07, 6.45) is 19.4. The van der Waals surface area contributed by atoms with Crippen LogP contribution in [0.4, 0.5) is 0 Å². The fraction of sp³-hybridized carbons (Fsp3) is 0.412. The Morgan fingerprint density at radius 3 is 1.55 bits per heavy atom. The third-order valence-electron chi connectivity index (χ3n) is 2.40. The molecule has 0 saturated carbocycles. The largest absolute Gasteiger partial charge is 0.469 e. The molecule has 0 amide bonds. The van der Waals surface area contributed by atoms with E-state index in [1.165, 1.54) is 7.11 Å². The lowest BCUT2D eigenvalue weighted by atomic mass is 10.2. The van der Waals surface area contributed by atoms with E-state index < -0.39 is 0 Å². The van der Waals surface area contributed by atoms with Gasteiger partial charge in [-0.05, 0) is 26.2 Å². The first-order valence-electron chi connectivity index (χ1n) is 6.83. The number of hydrogen-bond acceptors (Lipinski definition) is 3. The summed E-state index contributed by atoms with van der Waals surface area (Å²) < 4.78 is 4.52. The number of carbonyl (C=O) groups excluding carboxylic acids is 2. The van der Waals surface area contributed by atoms with Gasteiger partial charge in [0, 0.05) is 6.42 Å². The maximum absolute atomic E-state index is 10.8. The van der Waals surface area contributed by atoms with Crippen molar-refractivity contribution in [2.24, 2.45) is 0 Å². The van der Waals surface area contributed by atoms with Crippen LogP contribution < -0.4 is 0 Å². The average molecular weight is 276 g/mol. The number of rotatable bonds is 10. The Morgan fingerprint density at radius 2 is 1.15 bits per heavy atom. The first kappa shape index (κ1) is 18.1. The quantitative estimate of drug-likeness (QED) is 0.448. The van der Waals surface area contributed by atoms with Gasteiger partial charge < -0.3 is 4.74 Å². The molecule has 0 saturated heterocycles. The van der Waals surface area contributed by atoms with Crippen LogP contribution in [0.2, 0.25) is 0 Å². The maximum Gasteiger partial charge on any atom is 0.309 e. The van der Waals surface area contributed by atoms with E-state index in [0.29, 0.717) is 12.8 Å². The fourth-order valence-electron chi connectivity index (χ4n) is 1.33. The summed E-state index contributed by atoms with van der Waals surface area (Å²) in [6, 6.07) is 0. The van der Waals surface area contributed by atoms with Gasteiger partial charge in [-0.25, -0.2) is 0 Å². The van der Waals surface area contributed by atoms with E-state index in [4.69, 9.17) is 0 Å². The molecule has 0 aliphatic carbocycles. The minimum atomic E-state index is -0.217. The van der Waals surface area contributed by atoms with E-state index in [1.807, 2.05) is 24.3 Å². The normalized spacial score (nSPS) is 12.1. The van der Waals surface area contributed by atoms with Gasteiger partial charge in [0.05, 0.1) is 13.5 Å². The number of ether oxygens (including phenoxy) is 1. The Kier molecular flexibility index (Phi) is 12.2. The molecule has 0 aromatic carbocycles. The summed E-state index contributed by atoms with van der Waals surface area (Å²) in [5.41, 5.74) is 0. The van der Waals surface area contributed by atoms with E-state index in [2.05, 4.69) is 29.0 Å². The molecule has 0 atom stereocenters. The second-order valence-corrected chi connectivity index (χ2v) is 4.28. The lowest BCUT2D eigenvalue weighted by molar-refractivity contribution is -0.139. The van der Waals surface area contributed by atoms with Crippen molar-refractivity contribution in [2.45, 2.75) is 39.0 Å². The number of methoxy groups -OCH3 is 1. The van der Waals surface area contributed by atoms with Gasteiger partial charge in [0.25, 0.3) is 0 Å². The number of hydrogen-bond donors (Lipinski definition) is 0. The lowest BCUT2D eigenvalue weighted by Gasteiger charge is -1.90. The molecule has 0 radical (unpaired) electrons. The Bertz CT molecular complexity index is 387. The Hall–Kier alpha value is -1.90. The Balaban J connectivity index is 3.54. The molecule has 20 heavy (non-hydrogen) atoms. The lowest BCUT2D eigenvalue weighted by Crippen LogP contribution is -1.96. The molecule has 0 N–H and O–H groups in total. The van der Waals surface area contributed by atoms with Gasteiger partial charge in [0.15, 0.2) is 0 Å². The Morgan fingerprint density at radius 1 is 0.750 bits per heavy atom. The van der Waals surface area contributed by atoms with Crippen LogP contribution in [0.5, 0.6) is 0 Å². The monoisotopic (exact) mass is 276 g/mol. The first-order chi connectivity index (χ1) is 9.66. The number of ketones is 1. The number of carbonyl (C=O) groups is 2. The number of esters is 1. The molecule has 0 aliphatic heterocycles. The topological polar surface area (TPSA) is 43.4 Å². The van der Waals surface area contributed by atoms with Crippen molar-refractivity contribution in [1.82, 2.24) is 0 Å². The van der Waals surface area contributed by atoms with Gasteiger partial charge in [-0.1, -0.05) is 48.6 Å². The van der Waals surface area contributed by atoms with Crippen LogP contribution in [-0.4, -0.2) is 18.9 Å². The summed E-state index contributed by atoms with van der Waals surface area (Å²) in [6.45, 7) is 1.59. The predicted molar refractivity (Wildman–Crippen MR) is 82.3 cm³/mol. The van der Waals surface area contributed by atoms with Crippen LogP contribution in [0, 0.1) is 0 Å². The van der Waals surface area contributed by atoms with Crippen molar-refractivity contribution >= 4 is 11.8 Å². The van der Waals surface area contributed by atoms with Gasteiger partial charge in [0.2, 0.25) is 0 Å². The standard InChI is InChI=1S/C17H24O3/c1-16(18)14-12-10-8-6-4-3-5-7-9-11-13-15-17(19)20-2/h4-7,10-13H,3,8-9,14-15H2,1-2H3/b6-4+,7-5+,12-10+,13-11+. The zero-order chi connectivity index (χ0) is 15.1. The van der Waals surface area contributed by atoms with Gasteiger partial charge in [-0.3, -0.25) is 9.59 Å². The van der Waals surface area contributed by atoms with Gasteiger partial charge in [-0.15, -0.1) is 0 Å². The highest BCUT2D eigenvalue weighted by molar-refractivity contribution is 5.76. The van der Waals surface area contributed by atoms with Crippen molar-refractivity contribution in [1.29, 1.82) is 0 Å². The molecule has 0 bridgehead atoms. The van der Waals surface area contributed by atoms with E-state index in [1.54, 1.807) is 6.92 Å². The van der Waals surface area contributed by atoms with E-state index >= 15 is 0 Å². The maximum atomic E-state index is 10.8. The van der Waals surface area contributed by atoms with Crippen LogP contribution >= 0.6 is 0 Å². The molecule has 0 spiro atoms. The molecule has 110 valence electrons.